The van der Waals surface area contributed by atoms with Gasteiger partial charge < -0.3 is 0 Å². The highest BCUT2D eigenvalue weighted by molar-refractivity contribution is 7.85. The van der Waals surface area contributed by atoms with Gasteiger partial charge in [0, 0.05) is 17.7 Å². The number of hydrogen-bond donors (Lipinski definition) is 1. The maximum absolute atomic E-state index is 13.5. The number of alkyl halides is 3. The summed E-state index contributed by atoms with van der Waals surface area (Å²) in [6.45, 7) is 0.668. The third-order valence-electron chi connectivity index (χ3n) is 5.41. The lowest BCUT2D eigenvalue weighted by Gasteiger charge is -2.18. The first-order valence-electron chi connectivity index (χ1n) is 9.79. The fourth-order valence-corrected chi connectivity index (χ4v) is 4.21. The number of aromatic nitrogens is 2. The zero-order chi connectivity index (χ0) is 26.6. The van der Waals surface area contributed by atoms with E-state index in [0.717, 1.165) is 28.8 Å². The largest absolute Gasteiger partial charge is 0.416 e. The zero-order valence-corrected chi connectivity index (χ0v) is 18.8. The van der Waals surface area contributed by atoms with Gasteiger partial charge in [-0.15, -0.1) is 0 Å². The van der Waals surface area contributed by atoms with Crippen molar-refractivity contribution in [2.75, 3.05) is 0 Å². The molecule has 36 heavy (non-hydrogen) atoms. The van der Waals surface area contributed by atoms with E-state index in [9.17, 15) is 46.3 Å². The molecule has 184 valence electrons. The van der Waals surface area contributed by atoms with Crippen molar-refractivity contribution in [3.05, 3.63) is 69.0 Å². The standard InChI is InChI=1S/C21H12F3N5O6S/c1-10-14(8-25)19-27-16-7-13(36(33,34)35)4-5-17(16)28(19)20(30)18(10)26-9-11-2-3-12(29(31)32)6-15(11)21(22,23)24/h2-7H,9H2,1H3,(H,33,34,35). The van der Waals surface area contributed by atoms with E-state index in [1.165, 1.54) is 13.0 Å². The average molecular weight is 519 g/mol. The molecule has 0 bridgehead atoms. The van der Waals surface area contributed by atoms with Crippen molar-refractivity contribution >= 4 is 44.0 Å². The number of carbonyl (C=O) groups is 1. The van der Waals surface area contributed by atoms with Gasteiger partial charge in [-0.1, -0.05) is 0 Å². The van der Waals surface area contributed by atoms with Crippen LogP contribution in [0.3, 0.4) is 0 Å². The molecule has 0 radical (unpaired) electrons. The Balaban J connectivity index is 1.85. The number of halogens is 3. The number of nitro benzene ring substituents is 1. The van der Waals surface area contributed by atoms with E-state index in [4.69, 9.17) is 0 Å². The molecule has 1 aliphatic rings. The highest BCUT2D eigenvalue weighted by Gasteiger charge is 2.36. The van der Waals surface area contributed by atoms with Crippen molar-refractivity contribution < 1.29 is 35.9 Å². The summed E-state index contributed by atoms with van der Waals surface area (Å²) in [5, 5.41) is 20.6. The Morgan fingerprint density at radius 2 is 1.94 bits per heavy atom. The van der Waals surface area contributed by atoms with Gasteiger partial charge in [0.15, 0.2) is 5.82 Å². The second-order valence-corrected chi connectivity index (χ2v) is 9.00. The first-order chi connectivity index (χ1) is 16.7. The Hall–Kier alpha value is -4.42. The molecule has 0 saturated carbocycles. The molecule has 1 aliphatic heterocycles. The van der Waals surface area contributed by atoms with E-state index in [1.54, 1.807) is 0 Å². The maximum atomic E-state index is 13.5. The van der Waals surface area contributed by atoms with Gasteiger partial charge in [0.2, 0.25) is 0 Å². The number of hydrogen-bond acceptors (Lipinski definition) is 8. The van der Waals surface area contributed by atoms with Gasteiger partial charge in [0.1, 0.15) is 17.4 Å². The molecule has 1 N–H and O–H groups in total. The monoisotopic (exact) mass is 519 g/mol. The van der Waals surface area contributed by atoms with Gasteiger partial charge in [0.25, 0.3) is 21.7 Å². The van der Waals surface area contributed by atoms with Crippen LogP contribution in [0, 0.1) is 21.4 Å². The lowest BCUT2D eigenvalue weighted by atomic mass is 10.00. The quantitative estimate of drug-likeness (QED) is 0.308. The lowest BCUT2D eigenvalue weighted by molar-refractivity contribution is -0.385. The second kappa shape index (κ2) is 8.36. The maximum Gasteiger partial charge on any atom is 0.416 e. The Bertz CT molecular complexity index is 1700. The second-order valence-electron chi connectivity index (χ2n) is 7.57. The van der Waals surface area contributed by atoms with Gasteiger partial charge in [-0.3, -0.25) is 29.0 Å². The predicted octanol–water partition coefficient (Wildman–Crippen LogP) is 3.80. The van der Waals surface area contributed by atoms with Crippen LogP contribution in [0.1, 0.15) is 28.7 Å². The van der Waals surface area contributed by atoms with Crippen LogP contribution >= 0.6 is 0 Å². The molecular weight excluding hydrogens is 507 g/mol. The number of rotatable bonds is 4. The Labute approximate surface area is 199 Å². The van der Waals surface area contributed by atoms with Crippen molar-refractivity contribution in [2.45, 2.75) is 24.5 Å². The van der Waals surface area contributed by atoms with Gasteiger partial charge >= 0.3 is 6.18 Å². The Morgan fingerprint density at radius 1 is 1.25 bits per heavy atom. The SMILES string of the molecule is CC1=C(C#N)c2nc3cc(S(=O)(=O)O)ccc3n2C(=O)C1=NCc1ccc([N+](=O)[O-])cc1C(F)(F)F. The van der Waals surface area contributed by atoms with Crippen LogP contribution in [0.2, 0.25) is 0 Å². The number of carbonyl (C=O) groups excluding carboxylic acids is 1. The molecule has 0 aliphatic carbocycles. The van der Waals surface area contributed by atoms with Gasteiger partial charge in [0.05, 0.1) is 33.0 Å². The topological polar surface area (TPSA) is 169 Å². The third kappa shape index (κ3) is 4.12. The number of imidazole rings is 1. The molecule has 15 heteroatoms. The van der Waals surface area contributed by atoms with Crippen molar-refractivity contribution in [1.29, 1.82) is 5.26 Å². The van der Waals surface area contributed by atoms with Crippen LogP contribution < -0.4 is 0 Å². The summed E-state index contributed by atoms with van der Waals surface area (Å²) in [5.41, 5.74) is -2.91. The zero-order valence-electron chi connectivity index (χ0n) is 17.9. The smallest absolute Gasteiger partial charge is 0.282 e. The predicted molar refractivity (Wildman–Crippen MR) is 118 cm³/mol. The van der Waals surface area contributed by atoms with Crippen molar-refractivity contribution in [3.63, 3.8) is 0 Å². The number of nitrogens with zero attached hydrogens (tertiary/aromatic N) is 5. The summed E-state index contributed by atoms with van der Waals surface area (Å²) in [5.74, 6) is -0.966. The highest BCUT2D eigenvalue weighted by atomic mass is 32.2. The molecule has 0 saturated heterocycles. The fraction of sp³-hybridized carbons (Fsp3) is 0.143. The molecule has 2 aromatic carbocycles. The van der Waals surface area contributed by atoms with Crippen LogP contribution in [0.5, 0.6) is 0 Å². The number of benzene rings is 2. The molecule has 0 amide bonds. The Morgan fingerprint density at radius 3 is 2.53 bits per heavy atom. The van der Waals surface area contributed by atoms with Crippen LogP contribution in [0.25, 0.3) is 16.6 Å². The molecule has 1 aromatic heterocycles. The van der Waals surface area contributed by atoms with E-state index >= 15 is 0 Å². The molecule has 11 nitrogen and oxygen atoms in total. The number of nitriles is 1. The Kier molecular flexibility index (Phi) is 5.73. The minimum atomic E-state index is -4.93. The minimum absolute atomic E-state index is 0.0239. The normalized spacial score (nSPS) is 15.3. The summed E-state index contributed by atoms with van der Waals surface area (Å²) >= 11 is 0. The van der Waals surface area contributed by atoms with Crippen molar-refractivity contribution in [3.8, 4) is 6.07 Å². The molecule has 0 unspecified atom stereocenters. The summed E-state index contributed by atoms with van der Waals surface area (Å²) in [6, 6.07) is 7.19. The van der Waals surface area contributed by atoms with Crippen LogP contribution in [-0.4, -0.2) is 39.1 Å². The van der Waals surface area contributed by atoms with E-state index < -0.39 is 55.4 Å². The molecule has 0 spiro atoms. The number of non-ortho nitro benzene ring substituents is 1. The molecular formula is C21H12F3N5O6S. The number of allylic oxidation sites excluding steroid dienone is 2. The molecule has 0 fully saturated rings. The van der Waals surface area contributed by atoms with Crippen molar-refractivity contribution in [1.82, 2.24) is 9.55 Å². The minimum Gasteiger partial charge on any atom is -0.282 e. The molecule has 3 aromatic rings. The van der Waals surface area contributed by atoms with Crippen LogP contribution in [0.4, 0.5) is 18.9 Å². The van der Waals surface area contributed by atoms with E-state index in [1.807, 2.05) is 6.07 Å². The molecule has 4 rings (SSSR count). The van der Waals surface area contributed by atoms with E-state index in [-0.39, 0.29) is 33.7 Å². The third-order valence-corrected chi connectivity index (χ3v) is 6.26. The van der Waals surface area contributed by atoms with Gasteiger partial charge in [-0.05, 0) is 36.8 Å². The fourth-order valence-electron chi connectivity index (χ4n) is 3.71. The van der Waals surface area contributed by atoms with Gasteiger partial charge in [-0.25, -0.2) is 4.98 Å². The summed E-state index contributed by atoms with van der Waals surface area (Å²) in [6.07, 6.45) is -4.93. The van der Waals surface area contributed by atoms with Crippen molar-refractivity contribution in [2.24, 2.45) is 4.99 Å². The highest BCUT2D eigenvalue weighted by Crippen LogP contribution is 2.35. The van der Waals surface area contributed by atoms with E-state index in [2.05, 4.69) is 9.98 Å². The first-order valence-corrected chi connectivity index (χ1v) is 11.2. The molecule has 0 atom stereocenters. The van der Waals surface area contributed by atoms with E-state index in [0.29, 0.717) is 6.07 Å². The summed E-state index contributed by atoms with van der Waals surface area (Å²) in [7, 11) is -4.58. The lowest BCUT2D eigenvalue weighted by Crippen LogP contribution is -2.29. The molecule has 2 heterocycles. The number of aliphatic imine (C=N–C) groups is 1. The number of nitro groups is 1. The first kappa shape index (κ1) is 24.7. The van der Waals surface area contributed by atoms with Crippen LogP contribution in [-0.2, 0) is 22.8 Å². The van der Waals surface area contributed by atoms with Gasteiger partial charge in [-0.2, -0.15) is 26.9 Å². The van der Waals surface area contributed by atoms with Crippen LogP contribution in [0.15, 0.2) is 51.9 Å². The summed E-state index contributed by atoms with van der Waals surface area (Å²) in [4.78, 5) is 30.8. The summed E-state index contributed by atoms with van der Waals surface area (Å²) < 4.78 is 73.6. The average Bonchev–Trinajstić information content (AvgIpc) is 3.16. The number of fused-ring (bicyclic) bond motifs is 3.